The maximum atomic E-state index is 12.3. The van der Waals surface area contributed by atoms with Crippen LogP contribution in [-0.4, -0.2) is 33.7 Å². The number of ether oxygens (including phenoxy) is 1. The fraction of sp³-hybridized carbons (Fsp3) is 0.316. The number of anilines is 1. The van der Waals surface area contributed by atoms with E-state index in [4.69, 9.17) is 10.5 Å². The Balaban J connectivity index is 2.42. The fourth-order valence-corrected chi connectivity index (χ4v) is 3.68. The number of nitrogens with one attached hydrogen (secondary N) is 1. The van der Waals surface area contributed by atoms with Gasteiger partial charge in [-0.15, -0.1) is 0 Å². The number of aromatic amines is 1. The molecule has 2 aromatic rings. The lowest BCUT2D eigenvalue weighted by atomic mass is 9.83. The largest absolute Gasteiger partial charge is 0.494 e. The van der Waals surface area contributed by atoms with Gasteiger partial charge in [0.05, 0.1) is 6.61 Å². The van der Waals surface area contributed by atoms with Crippen LogP contribution in [0, 0.1) is 0 Å². The number of carboxylic acids is 2. The van der Waals surface area contributed by atoms with Crippen LogP contribution in [0.5, 0.6) is 5.75 Å². The van der Waals surface area contributed by atoms with Crippen LogP contribution < -0.4 is 16.0 Å². The number of hydrogen-bond acceptors (Lipinski definition) is 5. The number of carbonyl (C=O) groups is 2. The third-order valence-corrected chi connectivity index (χ3v) is 4.73. The van der Waals surface area contributed by atoms with Gasteiger partial charge in [-0.25, -0.2) is 9.59 Å². The third kappa shape index (κ3) is 3.14. The van der Waals surface area contributed by atoms with Gasteiger partial charge >= 0.3 is 11.9 Å². The van der Waals surface area contributed by atoms with Crippen LogP contribution in [0.2, 0.25) is 0 Å². The monoisotopic (exact) mass is 372 g/mol. The number of nitrogens with two attached hydrogens (primary N) is 1. The van der Waals surface area contributed by atoms with Crippen LogP contribution >= 0.6 is 0 Å². The van der Waals surface area contributed by atoms with Crippen molar-refractivity contribution in [1.82, 2.24) is 4.98 Å². The van der Waals surface area contributed by atoms with Crippen molar-refractivity contribution in [2.45, 2.75) is 32.6 Å². The summed E-state index contributed by atoms with van der Waals surface area (Å²) in [6.45, 7) is 2.34. The highest BCUT2D eigenvalue weighted by Gasteiger charge is 2.29. The first-order chi connectivity index (χ1) is 12.9. The first kappa shape index (κ1) is 18.5. The first-order valence-corrected chi connectivity index (χ1v) is 8.67. The standard InChI is InChI=1S/C19H20N2O6/c1-2-27-12-8-7-11(9-5-3-4-6-10(9)12)13-14(18(23)24)16(20)21-17(22)15(13)19(25)26/h7-8H,2-6H2,1H3,(H,23,24)(H,25,26)(H3,20,21,22). The zero-order valence-electron chi connectivity index (χ0n) is 14.8. The van der Waals surface area contributed by atoms with E-state index in [9.17, 15) is 24.6 Å². The molecule has 27 heavy (non-hydrogen) atoms. The molecule has 142 valence electrons. The number of benzene rings is 1. The molecule has 0 atom stereocenters. The number of fused-ring (bicyclic) bond motifs is 1. The van der Waals surface area contributed by atoms with Gasteiger partial charge < -0.3 is 25.7 Å². The summed E-state index contributed by atoms with van der Waals surface area (Å²) >= 11 is 0. The molecule has 0 saturated carbocycles. The van der Waals surface area contributed by atoms with E-state index in [-0.39, 0.29) is 11.4 Å². The van der Waals surface area contributed by atoms with Crippen molar-refractivity contribution in [3.05, 3.63) is 44.7 Å². The molecular weight excluding hydrogens is 352 g/mol. The quantitative estimate of drug-likeness (QED) is 0.630. The van der Waals surface area contributed by atoms with Gasteiger partial charge in [0.15, 0.2) is 0 Å². The van der Waals surface area contributed by atoms with E-state index in [1.54, 1.807) is 12.1 Å². The average Bonchev–Trinajstić information content (AvgIpc) is 2.60. The number of carboxylic acid groups (broad SMARTS) is 2. The molecule has 0 spiro atoms. The SMILES string of the molecule is CCOc1ccc(-c2c(C(=O)O)c(N)[nH]c(=O)c2C(=O)O)c2c1CCCC2. The Morgan fingerprint density at radius 3 is 2.33 bits per heavy atom. The number of rotatable bonds is 5. The van der Waals surface area contributed by atoms with Crippen LogP contribution in [0.15, 0.2) is 16.9 Å². The summed E-state index contributed by atoms with van der Waals surface area (Å²) < 4.78 is 5.67. The number of H-pyrrole nitrogens is 1. The number of nitrogen functional groups attached to an aromatic ring is 1. The molecule has 1 aliphatic rings. The van der Waals surface area contributed by atoms with Crippen molar-refractivity contribution in [3.63, 3.8) is 0 Å². The van der Waals surface area contributed by atoms with Crippen LogP contribution in [0.4, 0.5) is 5.82 Å². The predicted molar refractivity (Wildman–Crippen MR) is 98.6 cm³/mol. The van der Waals surface area contributed by atoms with Gasteiger partial charge in [0.1, 0.15) is 22.7 Å². The van der Waals surface area contributed by atoms with Gasteiger partial charge in [-0.05, 0) is 55.4 Å². The minimum absolute atomic E-state index is 0.155. The molecule has 1 aromatic carbocycles. The third-order valence-electron chi connectivity index (χ3n) is 4.73. The molecule has 8 nitrogen and oxygen atoms in total. The van der Waals surface area contributed by atoms with E-state index in [0.717, 1.165) is 30.4 Å². The zero-order chi connectivity index (χ0) is 19.7. The Hall–Kier alpha value is -3.29. The summed E-state index contributed by atoms with van der Waals surface area (Å²) in [6, 6.07) is 3.31. The number of aromatic nitrogens is 1. The predicted octanol–water partition coefficient (Wildman–Crippen LogP) is 2.30. The van der Waals surface area contributed by atoms with Crippen molar-refractivity contribution in [2.75, 3.05) is 12.3 Å². The Morgan fingerprint density at radius 2 is 1.74 bits per heavy atom. The summed E-state index contributed by atoms with van der Waals surface area (Å²) in [5.74, 6) is -2.58. The lowest BCUT2D eigenvalue weighted by Gasteiger charge is -2.24. The second-order valence-electron chi connectivity index (χ2n) is 6.31. The second kappa shape index (κ2) is 7.14. The zero-order valence-corrected chi connectivity index (χ0v) is 14.8. The highest BCUT2D eigenvalue weighted by atomic mass is 16.5. The van der Waals surface area contributed by atoms with Crippen LogP contribution in [0.25, 0.3) is 11.1 Å². The van der Waals surface area contributed by atoms with E-state index in [2.05, 4.69) is 4.98 Å². The van der Waals surface area contributed by atoms with Crippen LogP contribution in [0.3, 0.4) is 0 Å². The summed E-state index contributed by atoms with van der Waals surface area (Å²) in [7, 11) is 0. The normalized spacial score (nSPS) is 13.1. The van der Waals surface area contributed by atoms with Crippen molar-refractivity contribution < 1.29 is 24.5 Å². The highest BCUT2D eigenvalue weighted by Crippen LogP contribution is 2.39. The summed E-state index contributed by atoms with van der Waals surface area (Å²) in [6.07, 6.45) is 3.20. The summed E-state index contributed by atoms with van der Waals surface area (Å²) in [4.78, 5) is 38.0. The molecule has 0 unspecified atom stereocenters. The lowest BCUT2D eigenvalue weighted by molar-refractivity contribution is 0.0695. The molecule has 1 aromatic heterocycles. The molecule has 0 amide bonds. The smallest absolute Gasteiger partial charge is 0.342 e. The van der Waals surface area contributed by atoms with Crippen molar-refractivity contribution in [3.8, 4) is 16.9 Å². The molecule has 8 heteroatoms. The van der Waals surface area contributed by atoms with Gasteiger partial charge in [-0.2, -0.15) is 0 Å². The highest BCUT2D eigenvalue weighted by molar-refractivity contribution is 6.07. The van der Waals surface area contributed by atoms with Crippen LogP contribution in [0.1, 0.15) is 51.6 Å². The van der Waals surface area contributed by atoms with Crippen molar-refractivity contribution in [2.24, 2.45) is 0 Å². The molecule has 5 N–H and O–H groups in total. The van der Waals surface area contributed by atoms with E-state index in [1.165, 1.54) is 0 Å². The number of pyridine rings is 1. The molecule has 0 bridgehead atoms. The molecule has 0 aliphatic heterocycles. The topological polar surface area (TPSA) is 143 Å². The summed E-state index contributed by atoms with van der Waals surface area (Å²) in [5.41, 5.74) is 5.74. The molecule has 1 aliphatic carbocycles. The lowest BCUT2D eigenvalue weighted by Crippen LogP contribution is -2.24. The molecule has 1 heterocycles. The van der Waals surface area contributed by atoms with E-state index >= 15 is 0 Å². The number of hydrogen-bond donors (Lipinski definition) is 4. The van der Waals surface area contributed by atoms with E-state index in [0.29, 0.717) is 24.3 Å². The minimum atomic E-state index is -1.51. The van der Waals surface area contributed by atoms with E-state index < -0.39 is 28.6 Å². The number of aromatic carboxylic acids is 2. The van der Waals surface area contributed by atoms with Gasteiger partial charge in [0.25, 0.3) is 5.56 Å². The van der Waals surface area contributed by atoms with Gasteiger partial charge in [0.2, 0.25) is 0 Å². The Kier molecular flexibility index (Phi) is 4.89. The second-order valence-corrected chi connectivity index (χ2v) is 6.31. The molecule has 0 saturated heterocycles. The molecule has 0 fully saturated rings. The summed E-state index contributed by atoms with van der Waals surface area (Å²) in [5, 5.41) is 19.2. The maximum Gasteiger partial charge on any atom is 0.342 e. The minimum Gasteiger partial charge on any atom is -0.494 e. The van der Waals surface area contributed by atoms with Gasteiger partial charge in [-0.3, -0.25) is 4.79 Å². The van der Waals surface area contributed by atoms with E-state index in [1.807, 2.05) is 6.92 Å². The van der Waals surface area contributed by atoms with Crippen LogP contribution in [-0.2, 0) is 12.8 Å². The maximum absolute atomic E-state index is 12.3. The Labute approximate surface area is 154 Å². The first-order valence-electron chi connectivity index (χ1n) is 8.67. The fourth-order valence-electron chi connectivity index (χ4n) is 3.68. The van der Waals surface area contributed by atoms with Gasteiger partial charge in [0, 0.05) is 5.56 Å². The average molecular weight is 372 g/mol. The molecule has 3 rings (SSSR count). The van der Waals surface area contributed by atoms with Gasteiger partial charge in [-0.1, -0.05) is 6.07 Å². The van der Waals surface area contributed by atoms with Crippen molar-refractivity contribution >= 4 is 17.8 Å². The Morgan fingerprint density at radius 1 is 1.11 bits per heavy atom. The van der Waals surface area contributed by atoms with Crippen molar-refractivity contribution in [1.29, 1.82) is 0 Å². The Bertz CT molecular complexity index is 993. The molecule has 0 radical (unpaired) electrons. The molecular formula is C19H20N2O6.